The third-order valence-corrected chi connectivity index (χ3v) is 5.81. The molecule has 2 aromatic carbocycles. The first-order valence-electron chi connectivity index (χ1n) is 8.26. The van der Waals surface area contributed by atoms with Crippen molar-refractivity contribution in [3.8, 4) is 0 Å². The molecule has 1 aliphatic rings. The van der Waals surface area contributed by atoms with E-state index in [-0.39, 0.29) is 11.9 Å². The van der Waals surface area contributed by atoms with Crippen molar-refractivity contribution in [2.45, 2.75) is 18.9 Å². The van der Waals surface area contributed by atoms with Gasteiger partial charge in [0.1, 0.15) is 16.0 Å². The molecule has 1 fully saturated rings. The Morgan fingerprint density at radius 2 is 2.00 bits per heavy atom. The maximum absolute atomic E-state index is 13.1. The molecule has 1 atom stereocenters. The number of benzene rings is 2. The average molecular weight is 349 g/mol. The molecule has 1 N–H and O–H groups in total. The maximum Gasteiger partial charge on any atom is 0.254 e. The van der Waals surface area contributed by atoms with Gasteiger partial charge in [-0.25, -0.2) is 4.98 Å². The van der Waals surface area contributed by atoms with Gasteiger partial charge in [-0.05, 0) is 43.2 Å². The number of nitrogens with zero attached hydrogens (tertiary/aromatic N) is 4. The third-order valence-electron chi connectivity index (χ3n) is 4.67. The van der Waals surface area contributed by atoms with Crippen molar-refractivity contribution in [2.75, 3.05) is 6.54 Å². The van der Waals surface area contributed by atoms with Crippen molar-refractivity contribution < 1.29 is 4.79 Å². The lowest BCUT2D eigenvalue weighted by atomic mass is 10.1. The summed E-state index contributed by atoms with van der Waals surface area (Å²) in [7, 11) is 0. The molecule has 25 heavy (non-hydrogen) atoms. The lowest BCUT2D eigenvalue weighted by molar-refractivity contribution is 0.0735. The summed E-state index contributed by atoms with van der Waals surface area (Å²) in [6.07, 6.45) is 1.95. The van der Waals surface area contributed by atoms with E-state index in [9.17, 15) is 4.79 Å². The number of aromatic amines is 1. The fourth-order valence-electron chi connectivity index (χ4n) is 3.44. The minimum absolute atomic E-state index is 0.0339. The van der Waals surface area contributed by atoms with E-state index in [1.165, 1.54) is 4.70 Å². The molecule has 0 unspecified atom stereocenters. The van der Waals surface area contributed by atoms with Crippen molar-refractivity contribution in [3.05, 3.63) is 53.0 Å². The monoisotopic (exact) mass is 349 g/mol. The molecular weight excluding hydrogens is 334 g/mol. The Balaban J connectivity index is 1.50. The van der Waals surface area contributed by atoms with Crippen molar-refractivity contribution in [1.29, 1.82) is 0 Å². The average Bonchev–Trinajstić information content (AvgIpc) is 3.37. The molecule has 124 valence electrons. The Hall–Kier alpha value is -2.80. The van der Waals surface area contributed by atoms with Gasteiger partial charge in [-0.15, -0.1) is 11.3 Å². The van der Waals surface area contributed by atoms with Crippen LogP contribution in [0.3, 0.4) is 0 Å². The smallest absolute Gasteiger partial charge is 0.254 e. The Morgan fingerprint density at radius 3 is 2.92 bits per heavy atom. The van der Waals surface area contributed by atoms with E-state index in [2.05, 4.69) is 21.5 Å². The molecule has 4 aromatic rings. The van der Waals surface area contributed by atoms with Crippen molar-refractivity contribution in [3.63, 3.8) is 0 Å². The van der Waals surface area contributed by atoms with E-state index in [0.717, 1.165) is 35.4 Å². The molecule has 5 rings (SSSR count). The minimum Gasteiger partial charge on any atom is -0.329 e. The Kier molecular flexibility index (Phi) is 3.27. The van der Waals surface area contributed by atoms with Gasteiger partial charge in [-0.2, -0.15) is 15.4 Å². The summed E-state index contributed by atoms with van der Waals surface area (Å²) in [5.74, 6) is 0.0339. The Bertz CT molecular complexity index is 1050. The molecule has 2 aromatic heterocycles. The molecule has 1 aliphatic heterocycles. The highest BCUT2D eigenvalue weighted by atomic mass is 32.1. The van der Waals surface area contributed by atoms with E-state index < -0.39 is 0 Å². The Labute approximate surface area is 147 Å². The summed E-state index contributed by atoms with van der Waals surface area (Å²) in [5.41, 5.74) is 3.13. The molecule has 3 heterocycles. The highest BCUT2D eigenvalue weighted by Gasteiger charge is 2.32. The number of nitrogens with one attached hydrogen (secondary N) is 1. The van der Waals surface area contributed by atoms with E-state index in [0.29, 0.717) is 11.1 Å². The second kappa shape index (κ2) is 5.63. The van der Waals surface area contributed by atoms with Gasteiger partial charge in [0.15, 0.2) is 0 Å². The SMILES string of the molecule is O=C(c1ccc2n[nH]nc2c1)N1CCC[C@H]1c1nc2ccccc2s1. The number of carbonyl (C=O) groups excluding carboxylic acids is 1. The van der Waals surface area contributed by atoms with Crippen molar-refractivity contribution in [2.24, 2.45) is 0 Å². The number of thiazole rings is 1. The standard InChI is InChI=1S/C18H15N5OS/c24-18(11-7-8-12-14(10-11)21-22-20-12)23-9-3-5-15(23)17-19-13-4-1-2-6-16(13)25-17/h1-2,4,6-8,10,15H,3,5,9H2,(H,20,21,22)/t15-/m0/s1. The summed E-state index contributed by atoms with van der Waals surface area (Å²) < 4.78 is 1.17. The van der Waals surface area contributed by atoms with E-state index in [4.69, 9.17) is 4.98 Å². The van der Waals surface area contributed by atoms with Gasteiger partial charge >= 0.3 is 0 Å². The number of aromatic nitrogens is 4. The van der Waals surface area contributed by atoms with Crippen LogP contribution in [0.1, 0.15) is 34.2 Å². The normalized spacial score (nSPS) is 17.6. The number of hydrogen-bond acceptors (Lipinski definition) is 5. The first-order chi connectivity index (χ1) is 12.3. The molecule has 0 aliphatic carbocycles. The van der Waals surface area contributed by atoms with Crippen molar-refractivity contribution in [1.82, 2.24) is 25.3 Å². The molecule has 6 nitrogen and oxygen atoms in total. The van der Waals surface area contributed by atoms with Crippen LogP contribution in [0.2, 0.25) is 0 Å². The predicted octanol–water partition coefficient (Wildman–Crippen LogP) is 3.54. The number of fused-ring (bicyclic) bond motifs is 2. The zero-order valence-electron chi connectivity index (χ0n) is 13.3. The molecule has 7 heteroatoms. The highest BCUT2D eigenvalue weighted by molar-refractivity contribution is 7.18. The number of carbonyl (C=O) groups is 1. The zero-order valence-corrected chi connectivity index (χ0v) is 14.2. The topological polar surface area (TPSA) is 74.8 Å². The van der Waals surface area contributed by atoms with Crippen LogP contribution < -0.4 is 0 Å². The summed E-state index contributed by atoms with van der Waals surface area (Å²) in [6, 6.07) is 13.6. The van der Waals surface area contributed by atoms with Crippen LogP contribution in [0.25, 0.3) is 21.3 Å². The molecule has 0 bridgehead atoms. The van der Waals surface area contributed by atoms with E-state index >= 15 is 0 Å². The first-order valence-corrected chi connectivity index (χ1v) is 9.08. The number of likely N-dealkylation sites (tertiary alicyclic amines) is 1. The lowest BCUT2D eigenvalue weighted by Crippen LogP contribution is -2.30. The van der Waals surface area contributed by atoms with Crippen LogP contribution in [0.4, 0.5) is 0 Å². The van der Waals surface area contributed by atoms with Crippen LogP contribution in [0.15, 0.2) is 42.5 Å². The predicted molar refractivity (Wildman–Crippen MR) is 96.5 cm³/mol. The summed E-state index contributed by atoms with van der Waals surface area (Å²) in [6.45, 7) is 0.760. The third kappa shape index (κ3) is 2.39. The van der Waals surface area contributed by atoms with Crippen LogP contribution >= 0.6 is 11.3 Å². The fourth-order valence-corrected chi connectivity index (χ4v) is 4.55. The molecule has 0 spiro atoms. The Morgan fingerprint density at radius 1 is 1.12 bits per heavy atom. The summed E-state index contributed by atoms with van der Waals surface area (Å²) in [4.78, 5) is 19.8. The van der Waals surface area contributed by atoms with Gasteiger partial charge in [0.25, 0.3) is 5.91 Å². The molecule has 0 radical (unpaired) electrons. The summed E-state index contributed by atoms with van der Waals surface area (Å²) in [5, 5.41) is 11.7. The van der Waals surface area contributed by atoms with Crippen LogP contribution in [-0.2, 0) is 0 Å². The second-order valence-electron chi connectivity index (χ2n) is 6.20. The van der Waals surface area contributed by atoms with Crippen molar-refractivity contribution >= 4 is 38.5 Å². The molecule has 1 saturated heterocycles. The number of amides is 1. The van der Waals surface area contributed by atoms with Gasteiger partial charge in [0, 0.05) is 12.1 Å². The van der Waals surface area contributed by atoms with Gasteiger partial charge in [0.2, 0.25) is 0 Å². The van der Waals surface area contributed by atoms with Gasteiger partial charge < -0.3 is 4.90 Å². The number of rotatable bonds is 2. The van der Waals surface area contributed by atoms with Gasteiger partial charge in [0.05, 0.1) is 16.3 Å². The first kappa shape index (κ1) is 14.5. The number of hydrogen-bond donors (Lipinski definition) is 1. The van der Waals surface area contributed by atoms with Crippen LogP contribution in [-0.4, -0.2) is 37.7 Å². The number of H-pyrrole nitrogens is 1. The second-order valence-corrected chi connectivity index (χ2v) is 7.27. The highest BCUT2D eigenvalue weighted by Crippen LogP contribution is 2.37. The van der Waals surface area contributed by atoms with Crippen LogP contribution in [0, 0.1) is 0 Å². The maximum atomic E-state index is 13.1. The van der Waals surface area contributed by atoms with Crippen LogP contribution in [0.5, 0.6) is 0 Å². The van der Waals surface area contributed by atoms with E-state index in [1.54, 1.807) is 17.4 Å². The quantitative estimate of drug-likeness (QED) is 0.600. The largest absolute Gasteiger partial charge is 0.329 e. The molecular formula is C18H15N5OS. The fraction of sp³-hybridized carbons (Fsp3) is 0.222. The van der Waals surface area contributed by atoms with E-state index in [1.807, 2.05) is 35.2 Å². The zero-order chi connectivity index (χ0) is 16.8. The minimum atomic E-state index is 0.0339. The summed E-state index contributed by atoms with van der Waals surface area (Å²) >= 11 is 1.68. The molecule has 1 amide bonds. The van der Waals surface area contributed by atoms with Gasteiger partial charge in [-0.1, -0.05) is 12.1 Å². The lowest BCUT2D eigenvalue weighted by Gasteiger charge is -2.23. The number of para-hydroxylation sites is 1. The van der Waals surface area contributed by atoms with Gasteiger partial charge in [-0.3, -0.25) is 4.79 Å². The molecule has 0 saturated carbocycles.